The Hall–Kier alpha value is -1.89. The standard InChI is InChI=1S/C9H6FNO2/c10-8-5-6(12)1-2-7(8)9(13)3-4-11/h1-2,5,12H,3H2. The summed E-state index contributed by atoms with van der Waals surface area (Å²) in [6.07, 6.45) is -0.359. The second-order valence-corrected chi connectivity index (χ2v) is 2.42. The van der Waals surface area contributed by atoms with E-state index in [1.54, 1.807) is 6.07 Å². The molecule has 13 heavy (non-hydrogen) atoms. The molecule has 0 aliphatic carbocycles. The summed E-state index contributed by atoms with van der Waals surface area (Å²) < 4.78 is 12.9. The number of hydrogen-bond acceptors (Lipinski definition) is 3. The van der Waals surface area contributed by atoms with E-state index in [2.05, 4.69) is 0 Å². The molecule has 4 heteroatoms. The fourth-order valence-electron chi connectivity index (χ4n) is 0.897. The van der Waals surface area contributed by atoms with Gasteiger partial charge in [0, 0.05) is 6.07 Å². The summed E-state index contributed by atoms with van der Waals surface area (Å²) in [5.41, 5.74) is -0.167. The van der Waals surface area contributed by atoms with Crippen molar-refractivity contribution in [3.05, 3.63) is 29.6 Å². The maximum Gasteiger partial charge on any atom is 0.179 e. The topological polar surface area (TPSA) is 61.1 Å². The first kappa shape index (κ1) is 9.20. The van der Waals surface area contributed by atoms with Crippen molar-refractivity contribution < 1.29 is 14.3 Å². The average Bonchev–Trinajstić information content (AvgIpc) is 2.04. The van der Waals surface area contributed by atoms with Crippen LogP contribution in [0.25, 0.3) is 0 Å². The quantitative estimate of drug-likeness (QED) is 0.702. The van der Waals surface area contributed by atoms with Crippen LogP contribution in [0.3, 0.4) is 0 Å². The van der Waals surface area contributed by atoms with E-state index < -0.39 is 11.6 Å². The van der Waals surface area contributed by atoms with Gasteiger partial charge < -0.3 is 5.11 Å². The van der Waals surface area contributed by atoms with Gasteiger partial charge >= 0.3 is 0 Å². The van der Waals surface area contributed by atoms with Gasteiger partial charge in [-0.05, 0) is 12.1 Å². The summed E-state index contributed by atoms with van der Waals surface area (Å²) >= 11 is 0. The van der Waals surface area contributed by atoms with Crippen LogP contribution >= 0.6 is 0 Å². The number of halogens is 1. The Morgan fingerprint density at radius 1 is 1.62 bits per heavy atom. The highest BCUT2D eigenvalue weighted by atomic mass is 19.1. The molecule has 0 saturated heterocycles. The Balaban J connectivity index is 3.03. The summed E-state index contributed by atoms with van der Waals surface area (Å²) in [6.45, 7) is 0. The van der Waals surface area contributed by atoms with Gasteiger partial charge in [-0.3, -0.25) is 4.79 Å². The summed E-state index contributed by atoms with van der Waals surface area (Å²) in [6, 6.07) is 4.83. The van der Waals surface area contributed by atoms with Crippen molar-refractivity contribution in [3.63, 3.8) is 0 Å². The van der Waals surface area contributed by atoms with Crippen molar-refractivity contribution in [1.29, 1.82) is 5.26 Å². The van der Waals surface area contributed by atoms with E-state index in [9.17, 15) is 9.18 Å². The van der Waals surface area contributed by atoms with Crippen LogP contribution < -0.4 is 0 Å². The third kappa shape index (κ3) is 2.03. The molecule has 0 spiro atoms. The molecule has 66 valence electrons. The van der Waals surface area contributed by atoms with Crippen molar-refractivity contribution in [3.8, 4) is 11.8 Å². The molecule has 0 amide bonds. The van der Waals surface area contributed by atoms with E-state index in [0.717, 1.165) is 12.1 Å². The smallest absolute Gasteiger partial charge is 0.179 e. The van der Waals surface area contributed by atoms with Gasteiger partial charge in [-0.1, -0.05) is 0 Å². The maximum atomic E-state index is 12.9. The Morgan fingerprint density at radius 2 is 2.31 bits per heavy atom. The van der Waals surface area contributed by atoms with Gasteiger partial charge in [0.25, 0.3) is 0 Å². The number of carbonyl (C=O) groups is 1. The predicted octanol–water partition coefficient (Wildman–Crippen LogP) is 1.63. The molecule has 0 fully saturated rings. The molecule has 0 bridgehead atoms. The second-order valence-electron chi connectivity index (χ2n) is 2.42. The third-order valence-electron chi connectivity index (χ3n) is 1.49. The van der Waals surface area contributed by atoms with Crippen LogP contribution in [0.15, 0.2) is 18.2 Å². The maximum absolute atomic E-state index is 12.9. The van der Waals surface area contributed by atoms with E-state index >= 15 is 0 Å². The van der Waals surface area contributed by atoms with E-state index in [4.69, 9.17) is 10.4 Å². The molecule has 0 aliphatic heterocycles. The van der Waals surface area contributed by atoms with Crippen LogP contribution in [-0.4, -0.2) is 10.9 Å². The van der Waals surface area contributed by atoms with Gasteiger partial charge in [0.1, 0.15) is 11.6 Å². The number of hydrogen-bond donors (Lipinski definition) is 1. The Morgan fingerprint density at radius 3 is 2.85 bits per heavy atom. The summed E-state index contributed by atoms with van der Waals surface area (Å²) in [7, 11) is 0. The van der Waals surface area contributed by atoms with Crippen LogP contribution in [-0.2, 0) is 0 Å². The molecule has 0 heterocycles. The molecule has 0 aromatic heterocycles. The lowest BCUT2D eigenvalue weighted by atomic mass is 10.1. The van der Waals surface area contributed by atoms with E-state index in [1.807, 2.05) is 0 Å². The highest BCUT2D eigenvalue weighted by molar-refractivity contribution is 5.97. The SMILES string of the molecule is N#CCC(=O)c1ccc(O)cc1F. The molecule has 1 rings (SSSR count). The van der Waals surface area contributed by atoms with E-state index in [1.165, 1.54) is 6.07 Å². The third-order valence-corrected chi connectivity index (χ3v) is 1.49. The summed E-state index contributed by atoms with van der Waals surface area (Å²) in [5.74, 6) is -1.63. The van der Waals surface area contributed by atoms with Gasteiger partial charge in [-0.2, -0.15) is 5.26 Å². The summed E-state index contributed by atoms with van der Waals surface area (Å²) in [5, 5.41) is 17.0. The van der Waals surface area contributed by atoms with Gasteiger partial charge in [0.15, 0.2) is 5.78 Å². The van der Waals surface area contributed by atoms with Crippen molar-refractivity contribution in [1.82, 2.24) is 0 Å². The van der Waals surface area contributed by atoms with Gasteiger partial charge in [-0.25, -0.2) is 4.39 Å². The van der Waals surface area contributed by atoms with Crippen molar-refractivity contribution in [2.24, 2.45) is 0 Å². The minimum absolute atomic E-state index is 0.167. The predicted molar refractivity (Wildman–Crippen MR) is 42.6 cm³/mol. The number of ketones is 1. The molecule has 3 nitrogen and oxygen atoms in total. The lowest BCUT2D eigenvalue weighted by molar-refractivity contribution is 0.0994. The van der Waals surface area contributed by atoms with Crippen LogP contribution in [0.2, 0.25) is 0 Å². The second kappa shape index (κ2) is 3.68. The lowest BCUT2D eigenvalue weighted by Crippen LogP contribution is -2.00. The van der Waals surface area contributed by atoms with E-state index in [0.29, 0.717) is 0 Å². The first-order valence-corrected chi connectivity index (χ1v) is 3.54. The normalized spacial score (nSPS) is 9.23. The number of nitriles is 1. The van der Waals surface area contributed by atoms with Gasteiger partial charge in [0.05, 0.1) is 18.1 Å². The minimum Gasteiger partial charge on any atom is -0.508 e. The number of aromatic hydroxyl groups is 1. The van der Waals surface area contributed by atoms with Gasteiger partial charge in [-0.15, -0.1) is 0 Å². The van der Waals surface area contributed by atoms with Crippen LogP contribution in [0.5, 0.6) is 5.75 Å². The number of carbonyl (C=O) groups excluding carboxylic acids is 1. The first-order valence-electron chi connectivity index (χ1n) is 3.54. The van der Waals surface area contributed by atoms with Crippen molar-refractivity contribution in [2.75, 3.05) is 0 Å². The first-order chi connectivity index (χ1) is 6.15. The molecule has 0 aliphatic rings. The highest BCUT2D eigenvalue weighted by Crippen LogP contribution is 2.16. The summed E-state index contributed by atoms with van der Waals surface area (Å²) in [4.78, 5) is 11.0. The minimum atomic E-state index is -0.805. The molecular weight excluding hydrogens is 173 g/mol. The van der Waals surface area contributed by atoms with Crippen LogP contribution in [0.4, 0.5) is 4.39 Å². The Labute approximate surface area is 74.0 Å². The van der Waals surface area contributed by atoms with Crippen molar-refractivity contribution >= 4 is 5.78 Å². The number of rotatable bonds is 2. The number of phenols is 1. The average molecular weight is 179 g/mol. The Bertz CT molecular complexity index is 382. The lowest BCUT2D eigenvalue weighted by Gasteiger charge is -1.98. The number of nitrogens with zero attached hydrogens (tertiary/aromatic N) is 1. The van der Waals surface area contributed by atoms with E-state index in [-0.39, 0.29) is 17.7 Å². The molecule has 0 saturated carbocycles. The molecule has 1 aromatic carbocycles. The fourth-order valence-corrected chi connectivity index (χ4v) is 0.897. The molecule has 0 radical (unpaired) electrons. The molecule has 1 aromatic rings. The molecular formula is C9H6FNO2. The Kier molecular flexibility index (Phi) is 2.60. The molecule has 1 N–H and O–H groups in total. The zero-order chi connectivity index (χ0) is 9.84. The molecule has 0 unspecified atom stereocenters. The zero-order valence-electron chi connectivity index (χ0n) is 6.62. The fraction of sp³-hybridized carbons (Fsp3) is 0.111. The largest absolute Gasteiger partial charge is 0.508 e. The molecule has 0 atom stereocenters. The zero-order valence-corrected chi connectivity index (χ0v) is 6.62. The van der Waals surface area contributed by atoms with Crippen molar-refractivity contribution in [2.45, 2.75) is 6.42 Å². The number of Topliss-reactive ketones (excluding diaryl/α,β-unsaturated/α-hetero) is 1. The monoisotopic (exact) mass is 179 g/mol. The highest BCUT2D eigenvalue weighted by Gasteiger charge is 2.11. The van der Waals surface area contributed by atoms with Crippen LogP contribution in [0, 0.1) is 17.1 Å². The van der Waals surface area contributed by atoms with Gasteiger partial charge in [0.2, 0.25) is 0 Å². The van der Waals surface area contributed by atoms with Crippen LogP contribution in [0.1, 0.15) is 16.8 Å². The number of phenolic OH excluding ortho intramolecular Hbond substituents is 1. The number of benzene rings is 1.